The van der Waals surface area contributed by atoms with Gasteiger partial charge in [0.05, 0.1) is 17.4 Å². The molecule has 1 unspecified atom stereocenters. The van der Waals surface area contributed by atoms with Crippen molar-refractivity contribution in [3.63, 3.8) is 0 Å². The highest BCUT2D eigenvalue weighted by molar-refractivity contribution is 5.92. The summed E-state index contributed by atoms with van der Waals surface area (Å²) in [5.74, 6) is 0.0684. The van der Waals surface area contributed by atoms with Gasteiger partial charge < -0.3 is 10.3 Å². The topological polar surface area (TPSA) is 78.7 Å². The minimum absolute atomic E-state index is 0.0239. The van der Waals surface area contributed by atoms with Crippen molar-refractivity contribution >= 4 is 22.6 Å². The Kier molecular flexibility index (Phi) is 2.57. The van der Waals surface area contributed by atoms with Crippen LogP contribution in [0.15, 0.2) is 37.1 Å². The average Bonchev–Trinajstić information content (AvgIpc) is 3.11. The van der Waals surface area contributed by atoms with Crippen LogP contribution in [0.25, 0.3) is 11.0 Å². The maximum atomic E-state index is 12.8. The van der Waals surface area contributed by atoms with Gasteiger partial charge in [-0.05, 0) is 24.6 Å². The van der Waals surface area contributed by atoms with Crippen LogP contribution in [-0.4, -0.2) is 25.0 Å². The first kappa shape index (κ1) is 12.1. The van der Waals surface area contributed by atoms with Crippen LogP contribution >= 0.6 is 0 Å². The molecule has 0 radical (unpaired) electrons. The summed E-state index contributed by atoms with van der Waals surface area (Å²) in [6.45, 7) is 0.839. The molecule has 1 aliphatic rings. The molecule has 4 rings (SSSR count). The maximum absolute atomic E-state index is 12.8. The summed E-state index contributed by atoms with van der Waals surface area (Å²) in [4.78, 5) is 21.2. The number of hydrogen-bond acceptors (Lipinski definition) is 4. The number of carbonyl (C=O) groups is 1. The van der Waals surface area contributed by atoms with E-state index in [1.54, 1.807) is 23.0 Å². The molecule has 3 aromatic rings. The summed E-state index contributed by atoms with van der Waals surface area (Å²) in [6.07, 6.45) is 6.82. The Labute approximate surface area is 121 Å². The van der Waals surface area contributed by atoms with Crippen LogP contribution in [0.4, 0.5) is 5.69 Å². The number of nitrogens with two attached hydrogens (primary N) is 1. The molecule has 0 fully saturated rings. The first-order valence-corrected chi connectivity index (χ1v) is 6.98. The Morgan fingerprint density at radius 1 is 1.33 bits per heavy atom. The third-order valence-electron chi connectivity index (χ3n) is 4.13. The fourth-order valence-corrected chi connectivity index (χ4v) is 2.98. The number of nitrogen functional groups attached to an aromatic ring is 1. The molecule has 1 atom stereocenters. The van der Waals surface area contributed by atoms with Crippen molar-refractivity contribution in [3.8, 4) is 0 Å². The third-order valence-corrected chi connectivity index (χ3v) is 4.13. The zero-order valence-electron chi connectivity index (χ0n) is 11.4. The second-order valence-corrected chi connectivity index (χ2v) is 5.47. The number of imidazole rings is 2. The Balaban J connectivity index is 1.68. The van der Waals surface area contributed by atoms with Crippen molar-refractivity contribution < 1.29 is 4.79 Å². The lowest BCUT2D eigenvalue weighted by atomic mass is 9.95. The van der Waals surface area contributed by atoms with Gasteiger partial charge in [-0.3, -0.25) is 9.36 Å². The van der Waals surface area contributed by atoms with E-state index in [1.165, 1.54) is 0 Å². The van der Waals surface area contributed by atoms with E-state index in [2.05, 4.69) is 14.5 Å². The van der Waals surface area contributed by atoms with Crippen LogP contribution < -0.4 is 5.73 Å². The Morgan fingerprint density at radius 2 is 2.24 bits per heavy atom. The number of anilines is 1. The first-order valence-electron chi connectivity index (χ1n) is 6.98. The largest absolute Gasteiger partial charge is 0.399 e. The van der Waals surface area contributed by atoms with Crippen LogP contribution in [0, 0.1) is 5.92 Å². The van der Waals surface area contributed by atoms with Crippen molar-refractivity contribution in [2.45, 2.75) is 19.4 Å². The summed E-state index contributed by atoms with van der Waals surface area (Å²) < 4.78 is 3.75. The van der Waals surface area contributed by atoms with Crippen molar-refractivity contribution in [1.29, 1.82) is 0 Å². The molecule has 0 aliphatic carbocycles. The third kappa shape index (κ3) is 1.91. The predicted molar refractivity (Wildman–Crippen MR) is 78.8 cm³/mol. The summed E-state index contributed by atoms with van der Waals surface area (Å²) in [5.41, 5.74) is 9.09. The van der Waals surface area contributed by atoms with Crippen LogP contribution in [0.3, 0.4) is 0 Å². The highest BCUT2D eigenvalue weighted by atomic mass is 16.2. The predicted octanol–water partition coefficient (Wildman–Crippen LogP) is 1.72. The van der Waals surface area contributed by atoms with Crippen molar-refractivity contribution in [2.24, 2.45) is 5.92 Å². The lowest BCUT2D eigenvalue weighted by molar-refractivity contribution is 0.0817. The molecule has 3 heterocycles. The summed E-state index contributed by atoms with van der Waals surface area (Å²) >= 11 is 0. The molecule has 2 aromatic heterocycles. The second kappa shape index (κ2) is 4.44. The van der Waals surface area contributed by atoms with Gasteiger partial charge >= 0.3 is 0 Å². The minimum Gasteiger partial charge on any atom is -0.399 e. The average molecular weight is 281 g/mol. The van der Waals surface area contributed by atoms with Gasteiger partial charge in [-0.15, -0.1) is 0 Å². The van der Waals surface area contributed by atoms with Gasteiger partial charge in [0.2, 0.25) is 5.91 Å². The standard InChI is InChI=1S/C15H15N5O/c16-11-1-2-14-13(6-11)18-9-20(14)15(21)10-3-4-19-8-17-7-12(19)5-10/h1-2,6-10H,3-5,16H2. The Bertz CT molecular complexity index is 832. The van der Waals surface area contributed by atoms with Gasteiger partial charge in [0.1, 0.15) is 6.33 Å². The van der Waals surface area contributed by atoms with Crippen LogP contribution in [-0.2, 0) is 13.0 Å². The van der Waals surface area contributed by atoms with Crippen LogP contribution in [0.5, 0.6) is 0 Å². The molecule has 6 nitrogen and oxygen atoms in total. The number of aromatic nitrogens is 4. The molecular weight excluding hydrogens is 266 g/mol. The first-order chi connectivity index (χ1) is 10.2. The number of nitrogens with zero attached hydrogens (tertiary/aromatic N) is 4. The number of benzene rings is 1. The molecule has 0 saturated heterocycles. The number of carbonyl (C=O) groups excluding carboxylic acids is 1. The van der Waals surface area contributed by atoms with Gasteiger partial charge in [-0.1, -0.05) is 0 Å². The summed E-state index contributed by atoms with van der Waals surface area (Å²) in [5, 5.41) is 0. The molecule has 1 aliphatic heterocycles. The zero-order valence-corrected chi connectivity index (χ0v) is 11.4. The van der Waals surface area contributed by atoms with E-state index in [-0.39, 0.29) is 11.8 Å². The molecule has 2 N–H and O–H groups in total. The fourth-order valence-electron chi connectivity index (χ4n) is 2.98. The fraction of sp³-hybridized carbons (Fsp3) is 0.267. The molecule has 6 heteroatoms. The van der Waals surface area contributed by atoms with Gasteiger partial charge in [0, 0.05) is 36.5 Å². The summed E-state index contributed by atoms with van der Waals surface area (Å²) in [7, 11) is 0. The molecule has 1 aromatic carbocycles. The molecule has 106 valence electrons. The van der Waals surface area contributed by atoms with E-state index >= 15 is 0 Å². The van der Waals surface area contributed by atoms with E-state index in [0.29, 0.717) is 5.69 Å². The smallest absolute Gasteiger partial charge is 0.235 e. The molecular formula is C15H15N5O. The van der Waals surface area contributed by atoms with Crippen molar-refractivity contribution in [1.82, 2.24) is 19.1 Å². The van der Waals surface area contributed by atoms with E-state index in [1.807, 2.05) is 18.6 Å². The SMILES string of the molecule is Nc1ccc2c(c1)ncn2C(=O)C1CCn2cncc2C1. The number of hydrogen-bond donors (Lipinski definition) is 1. The van der Waals surface area contributed by atoms with Gasteiger partial charge in [-0.2, -0.15) is 0 Å². The molecule has 0 bridgehead atoms. The number of rotatable bonds is 1. The monoisotopic (exact) mass is 281 g/mol. The van der Waals surface area contributed by atoms with Crippen molar-refractivity contribution in [2.75, 3.05) is 5.73 Å². The second-order valence-electron chi connectivity index (χ2n) is 5.47. The Morgan fingerprint density at radius 3 is 3.14 bits per heavy atom. The van der Waals surface area contributed by atoms with E-state index in [9.17, 15) is 4.79 Å². The van der Waals surface area contributed by atoms with Crippen LogP contribution in [0.1, 0.15) is 16.9 Å². The minimum atomic E-state index is -0.0239. The molecule has 0 spiro atoms. The number of aryl methyl sites for hydroxylation is 1. The van der Waals surface area contributed by atoms with E-state index in [4.69, 9.17) is 5.73 Å². The maximum Gasteiger partial charge on any atom is 0.235 e. The normalized spacial score (nSPS) is 17.8. The summed E-state index contributed by atoms with van der Waals surface area (Å²) in [6, 6.07) is 5.43. The highest BCUT2D eigenvalue weighted by Crippen LogP contribution is 2.24. The molecule has 0 amide bonds. The lowest BCUT2D eigenvalue weighted by Gasteiger charge is -2.22. The number of fused-ring (bicyclic) bond motifs is 2. The van der Waals surface area contributed by atoms with Crippen molar-refractivity contribution in [3.05, 3.63) is 42.7 Å². The van der Waals surface area contributed by atoms with Gasteiger partial charge in [-0.25, -0.2) is 9.97 Å². The Hall–Kier alpha value is -2.63. The zero-order chi connectivity index (χ0) is 14.4. The highest BCUT2D eigenvalue weighted by Gasteiger charge is 2.26. The van der Waals surface area contributed by atoms with Crippen LogP contribution in [0.2, 0.25) is 0 Å². The quantitative estimate of drug-likeness (QED) is 0.689. The molecule has 21 heavy (non-hydrogen) atoms. The van der Waals surface area contributed by atoms with Gasteiger partial charge in [0.25, 0.3) is 0 Å². The lowest BCUT2D eigenvalue weighted by Crippen LogP contribution is -2.28. The van der Waals surface area contributed by atoms with E-state index in [0.717, 1.165) is 36.1 Å². The molecule has 0 saturated carbocycles. The van der Waals surface area contributed by atoms with E-state index < -0.39 is 0 Å². The van der Waals surface area contributed by atoms with Gasteiger partial charge in [0.15, 0.2) is 0 Å².